The molecule has 0 amide bonds. The molecule has 0 saturated carbocycles. The van der Waals surface area contributed by atoms with Crippen LogP contribution in [0.25, 0.3) is 5.65 Å². The maximum Gasteiger partial charge on any atom is 0.453 e. The number of rotatable bonds is 2. The third kappa shape index (κ3) is 3.00. The Hall–Kier alpha value is -2.71. The van der Waals surface area contributed by atoms with Gasteiger partial charge in [0.25, 0.3) is 5.82 Å². The van der Waals surface area contributed by atoms with E-state index >= 15 is 0 Å². The Morgan fingerprint density at radius 3 is 2.67 bits per heavy atom. The topological polar surface area (TPSA) is 55.1 Å². The van der Waals surface area contributed by atoms with Crippen molar-refractivity contribution in [2.45, 2.75) is 45.3 Å². The number of hydrogen-bond acceptors (Lipinski definition) is 4. The average Bonchev–Trinajstić information content (AvgIpc) is 3.04. The number of fused-ring (bicyclic) bond motifs is 2. The Kier molecular flexibility index (Phi) is 4.05. The lowest BCUT2D eigenvalue weighted by Crippen LogP contribution is -2.20. The van der Waals surface area contributed by atoms with Gasteiger partial charge in [-0.2, -0.15) is 17.7 Å². The van der Waals surface area contributed by atoms with Gasteiger partial charge in [0, 0.05) is 5.56 Å². The van der Waals surface area contributed by atoms with Gasteiger partial charge in [0.1, 0.15) is 5.82 Å². The molecule has 9 heteroatoms. The number of nitrogens with zero attached hydrogens (tertiary/aromatic N) is 4. The second-order valence-electron chi connectivity index (χ2n) is 6.79. The van der Waals surface area contributed by atoms with Gasteiger partial charge in [-0.25, -0.2) is 4.39 Å². The third-order valence-corrected chi connectivity index (χ3v) is 5.08. The zero-order chi connectivity index (χ0) is 19.3. The van der Waals surface area contributed by atoms with Crippen molar-refractivity contribution in [3.05, 3.63) is 52.1 Å². The summed E-state index contributed by atoms with van der Waals surface area (Å²) in [6, 6.07) is 4.44. The number of aromatic nitrogens is 4. The van der Waals surface area contributed by atoms with Gasteiger partial charge in [-0.1, -0.05) is 6.07 Å². The van der Waals surface area contributed by atoms with Crippen LogP contribution in [0.4, 0.5) is 23.4 Å². The Morgan fingerprint density at radius 1 is 1.15 bits per heavy atom. The number of halogens is 4. The summed E-state index contributed by atoms with van der Waals surface area (Å²) in [5, 5.41) is 14.2. The van der Waals surface area contributed by atoms with E-state index in [2.05, 4.69) is 20.6 Å². The number of hydrogen-bond donors (Lipinski definition) is 1. The lowest BCUT2D eigenvalue weighted by atomic mass is 9.87. The summed E-state index contributed by atoms with van der Waals surface area (Å²) in [5.74, 6) is -1.19. The van der Waals surface area contributed by atoms with Crippen molar-refractivity contribution in [2.75, 3.05) is 5.32 Å². The molecule has 3 aromatic rings. The highest BCUT2D eigenvalue weighted by Gasteiger charge is 2.38. The quantitative estimate of drug-likeness (QED) is 0.671. The number of aryl methyl sites for hydroxylation is 2. The molecule has 0 saturated heterocycles. The Labute approximate surface area is 152 Å². The fourth-order valence-corrected chi connectivity index (χ4v) is 3.53. The van der Waals surface area contributed by atoms with E-state index in [9.17, 15) is 17.6 Å². The van der Waals surface area contributed by atoms with Crippen molar-refractivity contribution < 1.29 is 17.6 Å². The minimum Gasteiger partial charge on any atom is -0.362 e. The van der Waals surface area contributed by atoms with Crippen molar-refractivity contribution in [1.29, 1.82) is 0 Å². The standard InChI is InChI=1S/C18H17F4N5/c1-9-10(2)16-24-25-17(18(20,21)22)27(16)26-15(9)23-14-5-3-4-11-6-7-12(19)8-13(11)14/h6-8,14H,3-5H2,1-2H3,(H,23,26). The summed E-state index contributed by atoms with van der Waals surface area (Å²) in [7, 11) is 0. The van der Waals surface area contributed by atoms with E-state index in [4.69, 9.17) is 0 Å². The molecule has 0 fully saturated rings. The summed E-state index contributed by atoms with van der Waals surface area (Å²) < 4.78 is 54.0. The second kappa shape index (κ2) is 6.17. The first kappa shape index (κ1) is 17.7. The molecule has 27 heavy (non-hydrogen) atoms. The van der Waals surface area contributed by atoms with Gasteiger partial charge >= 0.3 is 6.18 Å². The van der Waals surface area contributed by atoms with Crippen LogP contribution in [0.15, 0.2) is 18.2 Å². The van der Waals surface area contributed by atoms with E-state index in [-0.39, 0.29) is 17.5 Å². The average molecular weight is 379 g/mol. The highest BCUT2D eigenvalue weighted by molar-refractivity contribution is 5.59. The molecule has 2 aromatic heterocycles. The number of nitrogens with one attached hydrogen (secondary N) is 1. The van der Waals surface area contributed by atoms with Gasteiger partial charge < -0.3 is 5.32 Å². The molecular weight excluding hydrogens is 362 g/mol. The van der Waals surface area contributed by atoms with Gasteiger partial charge in [-0.3, -0.25) is 0 Å². The van der Waals surface area contributed by atoms with Crippen LogP contribution < -0.4 is 5.32 Å². The molecule has 0 radical (unpaired) electrons. The van der Waals surface area contributed by atoms with Crippen molar-refractivity contribution >= 4 is 11.5 Å². The van der Waals surface area contributed by atoms with Crippen molar-refractivity contribution in [3.8, 4) is 0 Å². The van der Waals surface area contributed by atoms with E-state index in [1.807, 2.05) is 0 Å². The molecule has 5 nitrogen and oxygen atoms in total. The van der Waals surface area contributed by atoms with Crippen LogP contribution in [-0.4, -0.2) is 19.8 Å². The van der Waals surface area contributed by atoms with Gasteiger partial charge in [-0.15, -0.1) is 15.3 Å². The minimum atomic E-state index is -4.66. The largest absolute Gasteiger partial charge is 0.453 e. The number of alkyl halides is 3. The van der Waals surface area contributed by atoms with Crippen LogP contribution in [-0.2, 0) is 12.6 Å². The Bertz CT molecular complexity index is 1020. The van der Waals surface area contributed by atoms with Crippen molar-refractivity contribution in [1.82, 2.24) is 19.8 Å². The fourth-order valence-electron chi connectivity index (χ4n) is 3.53. The smallest absolute Gasteiger partial charge is 0.362 e. The van der Waals surface area contributed by atoms with E-state index < -0.39 is 12.0 Å². The van der Waals surface area contributed by atoms with Gasteiger partial charge in [0.2, 0.25) is 0 Å². The lowest BCUT2D eigenvalue weighted by molar-refractivity contribution is -0.146. The van der Waals surface area contributed by atoms with Crippen LogP contribution in [0.2, 0.25) is 0 Å². The van der Waals surface area contributed by atoms with E-state index in [1.165, 1.54) is 12.1 Å². The van der Waals surface area contributed by atoms with Crippen LogP contribution in [0.5, 0.6) is 0 Å². The molecule has 2 heterocycles. The van der Waals surface area contributed by atoms with Crippen LogP contribution in [0.1, 0.15) is 47.0 Å². The summed E-state index contributed by atoms with van der Waals surface area (Å²) in [5.41, 5.74) is 3.18. The molecule has 1 aromatic carbocycles. The lowest BCUT2D eigenvalue weighted by Gasteiger charge is -2.27. The van der Waals surface area contributed by atoms with E-state index in [0.717, 1.165) is 34.9 Å². The normalized spacial score (nSPS) is 17.2. The van der Waals surface area contributed by atoms with Crippen LogP contribution in [0.3, 0.4) is 0 Å². The number of benzene rings is 1. The second-order valence-corrected chi connectivity index (χ2v) is 6.79. The maximum absolute atomic E-state index is 13.7. The summed E-state index contributed by atoms with van der Waals surface area (Å²) >= 11 is 0. The Balaban J connectivity index is 1.79. The molecule has 1 atom stereocenters. The molecule has 142 valence electrons. The zero-order valence-corrected chi connectivity index (χ0v) is 14.7. The highest BCUT2D eigenvalue weighted by Crippen LogP contribution is 2.35. The summed E-state index contributed by atoms with van der Waals surface area (Å²) in [6.07, 6.45) is -2.17. The molecule has 0 aliphatic heterocycles. The first-order chi connectivity index (χ1) is 12.8. The minimum absolute atomic E-state index is 0.0699. The predicted octanol–water partition coefficient (Wildman–Crippen LogP) is 4.39. The maximum atomic E-state index is 13.7. The monoisotopic (exact) mass is 379 g/mol. The molecule has 0 spiro atoms. The highest BCUT2D eigenvalue weighted by atomic mass is 19.4. The first-order valence-electron chi connectivity index (χ1n) is 8.60. The molecule has 1 aliphatic carbocycles. The summed E-state index contributed by atoms with van der Waals surface area (Å²) in [6.45, 7) is 3.45. The van der Waals surface area contributed by atoms with Crippen LogP contribution >= 0.6 is 0 Å². The zero-order valence-electron chi connectivity index (χ0n) is 14.7. The number of anilines is 1. The van der Waals surface area contributed by atoms with Gasteiger partial charge in [-0.05, 0) is 61.9 Å². The fraction of sp³-hybridized carbons (Fsp3) is 0.389. The predicted molar refractivity (Wildman–Crippen MR) is 91.0 cm³/mol. The van der Waals surface area contributed by atoms with E-state index in [0.29, 0.717) is 16.9 Å². The van der Waals surface area contributed by atoms with Crippen molar-refractivity contribution in [2.24, 2.45) is 0 Å². The van der Waals surface area contributed by atoms with Crippen LogP contribution in [0, 0.1) is 19.7 Å². The first-order valence-corrected chi connectivity index (χ1v) is 8.60. The Morgan fingerprint density at radius 2 is 1.93 bits per heavy atom. The van der Waals surface area contributed by atoms with Gasteiger partial charge in [0.05, 0.1) is 6.04 Å². The molecule has 0 bridgehead atoms. The molecular formula is C18H17F4N5. The molecule has 1 aliphatic rings. The molecule has 1 N–H and O–H groups in total. The van der Waals surface area contributed by atoms with E-state index in [1.54, 1.807) is 19.9 Å². The molecule has 1 unspecified atom stereocenters. The molecule has 4 rings (SSSR count). The van der Waals surface area contributed by atoms with Crippen molar-refractivity contribution in [3.63, 3.8) is 0 Å². The van der Waals surface area contributed by atoms with Gasteiger partial charge in [0.15, 0.2) is 11.5 Å². The SMILES string of the molecule is Cc1c(NC2CCCc3ccc(F)cc32)nn2c(C(F)(F)F)nnc2c1C. The summed E-state index contributed by atoms with van der Waals surface area (Å²) in [4.78, 5) is 0. The third-order valence-electron chi connectivity index (χ3n) is 5.08.